The van der Waals surface area contributed by atoms with Crippen LogP contribution in [0.25, 0.3) is 0 Å². The largest absolute Gasteiger partial charge is 0.345 e. The number of halogens is 1. The standard InChI is InChI=1S/C19H22ClN3O2/c1-22(2)19(25)15-7-5-9-17(11-15)21-18(24)13-23(3)12-14-6-4-8-16(20)10-14/h4-11H,12-13H2,1-3H3,(H,21,24). The summed E-state index contributed by atoms with van der Waals surface area (Å²) in [6, 6.07) is 14.5. The average molecular weight is 360 g/mol. The number of benzene rings is 2. The van der Waals surface area contributed by atoms with Gasteiger partial charge in [0.2, 0.25) is 5.91 Å². The van der Waals surface area contributed by atoms with Crippen LogP contribution in [0.5, 0.6) is 0 Å². The van der Waals surface area contributed by atoms with E-state index in [2.05, 4.69) is 5.32 Å². The van der Waals surface area contributed by atoms with Gasteiger partial charge in [0.05, 0.1) is 6.54 Å². The second kappa shape index (κ2) is 8.65. The molecule has 132 valence electrons. The number of carbonyl (C=O) groups excluding carboxylic acids is 2. The molecule has 0 radical (unpaired) electrons. The van der Waals surface area contributed by atoms with Crippen LogP contribution >= 0.6 is 11.6 Å². The number of carbonyl (C=O) groups is 2. The minimum Gasteiger partial charge on any atom is -0.345 e. The van der Waals surface area contributed by atoms with E-state index < -0.39 is 0 Å². The smallest absolute Gasteiger partial charge is 0.253 e. The minimum atomic E-state index is -0.140. The Morgan fingerprint density at radius 3 is 2.44 bits per heavy atom. The SMILES string of the molecule is CN(CC(=O)Nc1cccc(C(=O)N(C)C)c1)Cc1cccc(Cl)c1. The van der Waals surface area contributed by atoms with Crippen molar-refractivity contribution in [2.75, 3.05) is 33.0 Å². The van der Waals surface area contributed by atoms with E-state index in [9.17, 15) is 9.59 Å². The molecule has 0 spiro atoms. The lowest BCUT2D eigenvalue weighted by Crippen LogP contribution is -2.30. The van der Waals surface area contributed by atoms with Gasteiger partial charge in [-0.25, -0.2) is 0 Å². The molecule has 5 nitrogen and oxygen atoms in total. The first-order valence-corrected chi connectivity index (χ1v) is 8.27. The Morgan fingerprint density at radius 1 is 1.04 bits per heavy atom. The minimum absolute atomic E-state index is 0.103. The molecule has 0 aliphatic rings. The number of nitrogens with one attached hydrogen (secondary N) is 1. The number of hydrogen-bond donors (Lipinski definition) is 1. The van der Waals surface area contributed by atoms with E-state index in [4.69, 9.17) is 11.6 Å². The van der Waals surface area contributed by atoms with E-state index in [0.717, 1.165) is 5.56 Å². The fraction of sp³-hybridized carbons (Fsp3) is 0.263. The van der Waals surface area contributed by atoms with Gasteiger partial charge in [0.15, 0.2) is 0 Å². The van der Waals surface area contributed by atoms with E-state index in [0.29, 0.717) is 22.8 Å². The number of rotatable bonds is 6. The van der Waals surface area contributed by atoms with Crippen LogP contribution in [0.15, 0.2) is 48.5 Å². The van der Waals surface area contributed by atoms with Crippen molar-refractivity contribution in [2.24, 2.45) is 0 Å². The molecule has 2 rings (SSSR count). The summed E-state index contributed by atoms with van der Waals surface area (Å²) in [5.74, 6) is -0.242. The van der Waals surface area contributed by atoms with Crippen molar-refractivity contribution in [3.63, 3.8) is 0 Å². The molecule has 2 amide bonds. The highest BCUT2D eigenvalue weighted by Gasteiger charge is 2.11. The van der Waals surface area contributed by atoms with Gasteiger partial charge in [-0.1, -0.05) is 29.8 Å². The van der Waals surface area contributed by atoms with Gasteiger partial charge in [0.25, 0.3) is 5.91 Å². The number of likely N-dealkylation sites (N-methyl/N-ethyl adjacent to an activating group) is 1. The van der Waals surface area contributed by atoms with Crippen molar-refractivity contribution < 1.29 is 9.59 Å². The third-order valence-corrected chi connectivity index (χ3v) is 3.79. The summed E-state index contributed by atoms with van der Waals surface area (Å²) in [7, 11) is 5.25. The summed E-state index contributed by atoms with van der Waals surface area (Å²) in [5.41, 5.74) is 2.19. The zero-order chi connectivity index (χ0) is 18.4. The molecule has 1 N–H and O–H groups in total. The lowest BCUT2D eigenvalue weighted by molar-refractivity contribution is -0.117. The lowest BCUT2D eigenvalue weighted by atomic mass is 10.2. The van der Waals surface area contributed by atoms with Crippen molar-refractivity contribution in [3.8, 4) is 0 Å². The zero-order valence-corrected chi connectivity index (χ0v) is 15.4. The highest BCUT2D eigenvalue weighted by Crippen LogP contribution is 2.14. The Labute approximate surface area is 153 Å². The van der Waals surface area contributed by atoms with Gasteiger partial charge in [0.1, 0.15) is 0 Å². The predicted molar refractivity (Wildman–Crippen MR) is 101 cm³/mol. The van der Waals surface area contributed by atoms with Gasteiger partial charge in [-0.3, -0.25) is 14.5 Å². The molecule has 0 atom stereocenters. The number of anilines is 1. The first-order chi connectivity index (χ1) is 11.8. The van der Waals surface area contributed by atoms with Crippen LogP contribution in [0.1, 0.15) is 15.9 Å². The summed E-state index contributed by atoms with van der Waals surface area (Å²) in [6.45, 7) is 0.853. The normalized spacial score (nSPS) is 10.6. The topological polar surface area (TPSA) is 52.7 Å². The molecule has 0 aliphatic heterocycles. The average Bonchev–Trinajstić information content (AvgIpc) is 2.53. The van der Waals surface area contributed by atoms with E-state index in [1.807, 2.05) is 36.2 Å². The lowest BCUT2D eigenvalue weighted by Gasteiger charge is -2.17. The number of amides is 2. The fourth-order valence-electron chi connectivity index (χ4n) is 2.44. The molecule has 25 heavy (non-hydrogen) atoms. The van der Waals surface area contributed by atoms with Gasteiger partial charge in [-0.2, -0.15) is 0 Å². The van der Waals surface area contributed by atoms with Gasteiger partial charge in [-0.05, 0) is 42.9 Å². The van der Waals surface area contributed by atoms with Crippen LogP contribution in [-0.4, -0.2) is 49.3 Å². The Bertz CT molecular complexity index is 762. The maximum atomic E-state index is 12.2. The van der Waals surface area contributed by atoms with Crippen LogP contribution in [0.4, 0.5) is 5.69 Å². The van der Waals surface area contributed by atoms with Crippen molar-refractivity contribution in [1.82, 2.24) is 9.80 Å². The molecule has 0 saturated heterocycles. The van der Waals surface area contributed by atoms with E-state index >= 15 is 0 Å². The van der Waals surface area contributed by atoms with Crippen LogP contribution in [-0.2, 0) is 11.3 Å². The monoisotopic (exact) mass is 359 g/mol. The van der Waals surface area contributed by atoms with E-state index in [-0.39, 0.29) is 18.4 Å². The number of hydrogen-bond acceptors (Lipinski definition) is 3. The molecule has 0 unspecified atom stereocenters. The molecule has 0 fully saturated rings. The van der Waals surface area contributed by atoms with Gasteiger partial charge in [-0.15, -0.1) is 0 Å². The molecule has 2 aromatic rings. The molecule has 0 saturated carbocycles. The molecular weight excluding hydrogens is 338 g/mol. The van der Waals surface area contributed by atoms with Crippen molar-refractivity contribution >= 4 is 29.1 Å². The third-order valence-electron chi connectivity index (χ3n) is 3.55. The molecule has 2 aromatic carbocycles. The third kappa shape index (κ3) is 5.89. The van der Waals surface area contributed by atoms with Crippen LogP contribution in [0.2, 0.25) is 5.02 Å². The summed E-state index contributed by atoms with van der Waals surface area (Å²) in [5, 5.41) is 3.51. The summed E-state index contributed by atoms with van der Waals surface area (Å²) in [4.78, 5) is 27.6. The Hall–Kier alpha value is -2.37. The molecule has 6 heteroatoms. The quantitative estimate of drug-likeness (QED) is 0.862. The fourth-order valence-corrected chi connectivity index (χ4v) is 2.65. The number of nitrogens with zero attached hydrogens (tertiary/aromatic N) is 2. The molecule has 0 aromatic heterocycles. The molecule has 0 bridgehead atoms. The highest BCUT2D eigenvalue weighted by molar-refractivity contribution is 6.30. The first kappa shape index (κ1) is 19.0. The van der Waals surface area contributed by atoms with Crippen LogP contribution < -0.4 is 5.32 Å². The zero-order valence-electron chi connectivity index (χ0n) is 14.6. The van der Waals surface area contributed by atoms with Gasteiger partial charge < -0.3 is 10.2 Å². The Kier molecular flexibility index (Phi) is 6.56. The Morgan fingerprint density at radius 2 is 1.76 bits per heavy atom. The summed E-state index contributed by atoms with van der Waals surface area (Å²) in [6.07, 6.45) is 0. The second-order valence-corrected chi connectivity index (χ2v) is 6.57. The van der Waals surface area contributed by atoms with Gasteiger partial charge >= 0.3 is 0 Å². The van der Waals surface area contributed by atoms with E-state index in [1.165, 1.54) is 4.90 Å². The molecular formula is C19H22ClN3O2. The predicted octanol–water partition coefficient (Wildman–Crippen LogP) is 3.11. The maximum Gasteiger partial charge on any atom is 0.253 e. The second-order valence-electron chi connectivity index (χ2n) is 6.13. The Balaban J connectivity index is 1.93. The molecule has 0 aliphatic carbocycles. The van der Waals surface area contributed by atoms with E-state index in [1.54, 1.807) is 38.4 Å². The van der Waals surface area contributed by atoms with Crippen molar-refractivity contribution in [3.05, 3.63) is 64.7 Å². The maximum absolute atomic E-state index is 12.2. The van der Waals surface area contributed by atoms with Gasteiger partial charge in [0, 0.05) is 36.9 Å². The highest BCUT2D eigenvalue weighted by atomic mass is 35.5. The molecule has 0 heterocycles. The van der Waals surface area contributed by atoms with Crippen molar-refractivity contribution in [1.29, 1.82) is 0 Å². The van der Waals surface area contributed by atoms with Crippen LogP contribution in [0.3, 0.4) is 0 Å². The van der Waals surface area contributed by atoms with Crippen LogP contribution in [0, 0.1) is 0 Å². The van der Waals surface area contributed by atoms with Crippen molar-refractivity contribution in [2.45, 2.75) is 6.54 Å². The summed E-state index contributed by atoms with van der Waals surface area (Å²) >= 11 is 5.98. The first-order valence-electron chi connectivity index (χ1n) is 7.89. The summed E-state index contributed by atoms with van der Waals surface area (Å²) < 4.78 is 0.